The van der Waals surface area contributed by atoms with Gasteiger partial charge in [0.2, 0.25) is 5.91 Å². The van der Waals surface area contributed by atoms with Crippen molar-refractivity contribution in [1.82, 2.24) is 0 Å². The SMILES string of the molecule is CCCCCCC(=O)Nc1ccc(C(=O)c2ccc(NC(=O)c3ccc(Cl)cc3Cl)c(C(=O)O)c2)cc1. The number of anilines is 2. The number of hydrogen-bond donors (Lipinski definition) is 3. The van der Waals surface area contributed by atoms with E-state index < -0.39 is 17.7 Å². The molecule has 0 fully saturated rings. The average Bonchev–Trinajstić information content (AvgIpc) is 2.86. The van der Waals surface area contributed by atoms with Crippen molar-refractivity contribution in [2.75, 3.05) is 10.6 Å². The van der Waals surface area contributed by atoms with Crippen LogP contribution < -0.4 is 10.6 Å². The molecule has 0 radical (unpaired) electrons. The maximum absolute atomic E-state index is 13.0. The minimum Gasteiger partial charge on any atom is -0.478 e. The fraction of sp³-hybridized carbons (Fsp3) is 0.214. The van der Waals surface area contributed by atoms with Crippen molar-refractivity contribution in [3.63, 3.8) is 0 Å². The first kappa shape index (κ1) is 27.9. The molecule has 3 N–H and O–H groups in total. The van der Waals surface area contributed by atoms with Gasteiger partial charge in [-0.25, -0.2) is 4.79 Å². The Labute approximate surface area is 224 Å². The number of halogens is 2. The predicted octanol–water partition coefficient (Wildman–Crippen LogP) is 7.08. The Morgan fingerprint density at radius 2 is 1.49 bits per heavy atom. The van der Waals surface area contributed by atoms with Gasteiger partial charge in [0.05, 0.1) is 21.8 Å². The molecule has 37 heavy (non-hydrogen) atoms. The second kappa shape index (κ2) is 13.0. The lowest BCUT2D eigenvalue weighted by atomic mass is 10.00. The summed E-state index contributed by atoms with van der Waals surface area (Å²) in [6, 6.07) is 14.7. The number of carbonyl (C=O) groups excluding carboxylic acids is 3. The molecule has 3 aromatic rings. The highest BCUT2D eigenvalue weighted by Crippen LogP contribution is 2.25. The van der Waals surface area contributed by atoms with Crippen LogP contribution in [0.25, 0.3) is 0 Å². The summed E-state index contributed by atoms with van der Waals surface area (Å²) in [7, 11) is 0. The highest BCUT2D eigenvalue weighted by Gasteiger charge is 2.19. The van der Waals surface area contributed by atoms with Crippen LogP contribution in [0.3, 0.4) is 0 Å². The fourth-order valence-corrected chi connectivity index (χ4v) is 4.14. The molecule has 7 nitrogen and oxygen atoms in total. The molecular formula is C28H26Cl2N2O5. The van der Waals surface area contributed by atoms with Crippen molar-refractivity contribution in [2.45, 2.75) is 39.0 Å². The molecule has 3 aromatic carbocycles. The summed E-state index contributed by atoms with van der Waals surface area (Å²) in [6.45, 7) is 2.11. The maximum atomic E-state index is 13.0. The van der Waals surface area contributed by atoms with Gasteiger partial charge in [-0.05, 0) is 67.1 Å². The van der Waals surface area contributed by atoms with E-state index in [1.807, 2.05) is 0 Å². The first-order valence-electron chi connectivity index (χ1n) is 11.8. The van der Waals surface area contributed by atoms with Crippen LogP contribution in [0.5, 0.6) is 0 Å². The molecule has 0 saturated heterocycles. The topological polar surface area (TPSA) is 113 Å². The first-order valence-corrected chi connectivity index (χ1v) is 12.5. The number of carboxylic acid groups (broad SMARTS) is 1. The second-order valence-electron chi connectivity index (χ2n) is 8.41. The Hall–Kier alpha value is -3.68. The van der Waals surface area contributed by atoms with E-state index in [2.05, 4.69) is 17.6 Å². The molecule has 0 heterocycles. The molecule has 2 amide bonds. The van der Waals surface area contributed by atoms with Gasteiger partial charge in [0.1, 0.15) is 0 Å². The van der Waals surface area contributed by atoms with Gasteiger partial charge >= 0.3 is 5.97 Å². The minimum atomic E-state index is -1.32. The Balaban J connectivity index is 1.72. The van der Waals surface area contributed by atoms with Crippen LogP contribution in [0.1, 0.15) is 75.7 Å². The van der Waals surface area contributed by atoms with Gasteiger partial charge in [0, 0.05) is 28.3 Å². The number of aromatic carboxylic acids is 1. The van der Waals surface area contributed by atoms with Crippen molar-refractivity contribution < 1.29 is 24.3 Å². The Morgan fingerprint density at radius 3 is 2.14 bits per heavy atom. The van der Waals surface area contributed by atoms with E-state index in [0.29, 0.717) is 22.7 Å². The van der Waals surface area contributed by atoms with E-state index in [-0.39, 0.29) is 33.3 Å². The quantitative estimate of drug-likeness (QED) is 0.177. The summed E-state index contributed by atoms with van der Waals surface area (Å²) < 4.78 is 0. The average molecular weight is 541 g/mol. The number of ketones is 1. The molecule has 192 valence electrons. The number of amides is 2. The van der Waals surface area contributed by atoms with E-state index in [1.54, 1.807) is 24.3 Å². The normalized spacial score (nSPS) is 10.6. The van der Waals surface area contributed by atoms with E-state index >= 15 is 0 Å². The summed E-state index contributed by atoms with van der Waals surface area (Å²) in [5.74, 6) is -2.42. The molecule has 0 spiro atoms. The first-order chi connectivity index (χ1) is 17.7. The molecule has 0 aliphatic rings. The molecule has 9 heteroatoms. The monoisotopic (exact) mass is 540 g/mol. The number of nitrogens with one attached hydrogen (secondary N) is 2. The summed E-state index contributed by atoms with van der Waals surface area (Å²) in [5.41, 5.74) is 0.904. The molecule has 0 unspecified atom stereocenters. The lowest BCUT2D eigenvalue weighted by Crippen LogP contribution is -2.16. The zero-order chi connectivity index (χ0) is 26.9. The highest BCUT2D eigenvalue weighted by atomic mass is 35.5. The number of unbranched alkanes of at least 4 members (excludes halogenated alkanes) is 3. The van der Waals surface area contributed by atoms with Gasteiger partial charge in [-0.3, -0.25) is 14.4 Å². The molecule has 0 bridgehead atoms. The predicted molar refractivity (Wildman–Crippen MR) is 145 cm³/mol. The number of rotatable bonds is 11. The second-order valence-corrected chi connectivity index (χ2v) is 9.25. The van der Waals surface area contributed by atoms with Crippen LogP contribution in [-0.2, 0) is 4.79 Å². The van der Waals surface area contributed by atoms with Crippen molar-refractivity contribution in [2.24, 2.45) is 0 Å². The molecule has 0 aliphatic carbocycles. The van der Waals surface area contributed by atoms with Crippen LogP contribution in [0.2, 0.25) is 10.0 Å². The zero-order valence-corrected chi connectivity index (χ0v) is 21.7. The standard InChI is InChI=1S/C28H26Cl2N2O5/c1-2-3-4-5-6-25(33)31-20-11-7-17(8-12-20)26(34)18-9-14-24(22(15-18)28(36)37)32-27(35)21-13-10-19(29)16-23(21)30/h7-16H,2-6H2,1H3,(H,31,33)(H,32,35)(H,36,37). The van der Waals surface area contributed by atoms with E-state index in [0.717, 1.165) is 25.7 Å². The van der Waals surface area contributed by atoms with Crippen LogP contribution in [0, 0.1) is 0 Å². The van der Waals surface area contributed by atoms with Crippen LogP contribution in [0.15, 0.2) is 60.7 Å². The highest BCUT2D eigenvalue weighted by molar-refractivity contribution is 6.37. The van der Waals surface area contributed by atoms with Crippen molar-refractivity contribution in [1.29, 1.82) is 0 Å². The van der Waals surface area contributed by atoms with Gasteiger partial charge in [0.25, 0.3) is 5.91 Å². The third-order valence-electron chi connectivity index (χ3n) is 5.62. The van der Waals surface area contributed by atoms with Crippen LogP contribution in [0.4, 0.5) is 11.4 Å². The molecule has 0 aromatic heterocycles. The van der Waals surface area contributed by atoms with Crippen molar-refractivity contribution in [3.05, 3.63) is 93.0 Å². The van der Waals surface area contributed by atoms with Gasteiger partial charge in [-0.1, -0.05) is 49.4 Å². The zero-order valence-electron chi connectivity index (χ0n) is 20.1. The molecular weight excluding hydrogens is 515 g/mol. The molecule has 0 aliphatic heterocycles. The summed E-state index contributed by atoms with van der Waals surface area (Å²) in [6.07, 6.45) is 4.46. The lowest BCUT2D eigenvalue weighted by Gasteiger charge is -2.11. The van der Waals surface area contributed by atoms with E-state index in [4.69, 9.17) is 23.2 Å². The van der Waals surface area contributed by atoms with E-state index in [1.165, 1.54) is 36.4 Å². The van der Waals surface area contributed by atoms with Gasteiger partial charge < -0.3 is 15.7 Å². The van der Waals surface area contributed by atoms with Crippen molar-refractivity contribution >= 4 is 58.1 Å². The van der Waals surface area contributed by atoms with Gasteiger partial charge in [0.15, 0.2) is 5.78 Å². The third kappa shape index (κ3) is 7.65. The van der Waals surface area contributed by atoms with E-state index in [9.17, 15) is 24.3 Å². The fourth-order valence-electron chi connectivity index (χ4n) is 3.64. The largest absolute Gasteiger partial charge is 0.478 e. The number of benzene rings is 3. The van der Waals surface area contributed by atoms with Crippen LogP contribution in [-0.4, -0.2) is 28.7 Å². The van der Waals surface area contributed by atoms with Crippen LogP contribution >= 0.6 is 23.2 Å². The Bertz CT molecular complexity index is 1320. The molecule has 0 atom stereocenters. The molecule has 3 rings (SSSR count). The number of carboxylic acids is 1. The smallest absolute Gasteiger partial charge is 0.337 e. The van der Waals surface area contributed by atoms with Gasteiger partial charge in [-0.15, -0.1) is 0 Å². The van der Waals surface area contributed by atoms with Gasteiger partial charge in [-0.2, -0.15) is 0 Å². The van der Waals surface area contributed by atoms with Crippen molar-refractivity contribution in [3.8, 4) is 0 Å². The third-order valence-corrected chi connectivity index (χ3v) is 6.17. The summed E-state index contributed by atoms with van der Waals surface area (Å²) in [5, 5.41) is 15.5. The number of carbonyl (C=O) groups is 4. The summed E-state index contributed by atoms with van der Waals surface area (Å²) in [4.78, 5) is 49.6. The summed E-state index contributed by atoms with van der Waals surface area (Å²) >= 11 is 11.9. The minimum absolute atomic E-state index is 0.0112. The Morgan fingerprint density at radius 1 is 0.784 bits per heavy atom. The Kier molecular flexibility index (Phi) is 9.83. The molecule has 0 saturated carbocycles. The maximum Gasteiger partial charge on any atom is 0.337 e. The number of hydrogen-bond acceptors (Lipinski definition) is 4. The lowest BCUT2D eigenvalue weighted by molar-refractivity contribution is -0.116.